The van der Waals surface area contributed by atoms with Crippen molar-refractivity contribution < 1.29 is 13.2 Å². The topological polar surface area (TPSA) is 69.7 Å². The third-order valence-corrected chi connectivity index (χ3v) is 6.38. The van der Waals surface area contributed by atoms with Crippen LogP contribution in [0.4, 0.5) is 5.69 Å². The van der Waals surface area contributed by atoms with E-state index >= 15 is 0 Å². The van der Waals surface area contributed by atoms with E-state index in [1.165, 1.54) is 17.4 Å². The van der Waals surface area contributed by atoms with Crippen molar-refractivity contribution in [2.45, 2.75) is 17.9 Å². The van der Waals surface area contributed by atoms with Gasteiger partial charge in [-0.25, -0.2) is 8.42 Å². The van der Waals surface area contributed by atoms with E-state index in [1.54, 1.807) is 47.4 Å². The molecule has 0 radical (unpaired) electrons. The Labute approximate surface area is 154 Å². The van der Waals surface area contributed by atoms with Crippen LogP contribution < -0.4 is 9.62 Å². The first-order valence-electron chi connectivity index (χ1n) is 8.57. The number of carbonyl (C=O) groups excluding carboxylic acids is 1. The largest absolute Gasteiger partial charge is 0.336 e. The molecule has 138 valence electrons. The molecule has 6 nitrogen and oxygen atoms in total. The number of anilines is 1. The molecule has 1 aliphatic rings. The zero-order valence-electron chi connectivity index (χ0n) is 14.9. The third kappa shape index (κ3) is 3.59. The van der Waals surface area contributed by atoms with Crippen LogP contribution in [0.15, 0.2) is 59.5 Å². The summed E-state index contributed by atoms with van der Waals surface area (Å²) in [5.74, 6) is -0.251. The Kier molecular flexibility index (Phi) is 5.29. The van der Waals surface area contributed by atoms with Crippen LogP contribution in [0.25, 0.3) is 0 Å². The summed E-state index contributed by atoms with van der Waals surface area (Å²) in [4.78, 5) is 14.7. The number of nitrogens with one attached hydrogen (secondary N) is 1. The third-order valence-electron chi connectivity index (χ3n) is 4.53. The van der Waals surface area contributed by atoms with Gasteiger partial charge >= 0.3 is 0 Å². The number of carbonyl (C=O) groups is 1. The average molecular weight is 373 g/mol. The molecular formula is C19H23N3O3S. The lowest BCUT2D eigenvalue weighted by Crippen LogP contribution is -2.51. The molecule has 3 rings (SSSR count). The molecular weight excluding hydrogens is 350 g/mol. The van der Waals surface area contributed by atoms with Crippen LogP contribution in [0, 0.1) is 0 Å². The number of amides is 1. The molecule has 1 amide bonds. The summed E-state index contributed by atoms with van der Waals surface area (Å²) in [6, 6.07) is 15.4. The molecule has 1 saturated heterocycles. The van der Waals surface area contributed by atoms with E-state index < -0.39 is 10.0 Å². The number of hydrogen-bond acceptors (Lipinski definition) is 4. The minimum absolute atomic E-state index is 0.0301. The SMILES string of the molecule is CC1CN(C(=O)c2ccccc2S(=O)(=O)N(C)c2ccccc2)CCN1. The van der Waals surface area contributed by atoms with Crippen molar-refractivity contribution in [2.75, 3.05) is 31.0 Å². The van der Waals surface area contributed by atoms with Crippen LogP contribution in [0.5, 0.6) is 0 Å². The fourth-order valence-electron chi connectivity index (χ4n) is 3.08. The number of rotatable bonds is 4. The molecule has 1 aliphatic heterocycles. The van der Waals surface area contributed by atoms with Gasteiger partial charge in [0, 0.05) is 32.7 Å². The average Bonchev–Trinajstić information content (AvgIpc) is 2.67. The lowest BCUT2D eigenvalue weighted by molar-refractivity contribution is 0.0705. The molecule has 0 saturated carbocycles. The summed E-state index contributed by atoms with van der Waals surface area (Å²) in [5, 5.41) is 3.28. The minimum Gasteiger partial charge on any atom is -0.336 e. The van der Waals surface area contributed by atoms with E-state index in [4.69, 9.17) is 0 Å². The number of sulfonamides is 1. The first kappa shape index (κ1) is 18.4. The first-order chi connectivity index (χ1) is 12.4. The maximum atomic E-state index is 13.1. The summed E-state index contributed by atoms with van der Waals surface area (Å²) < 4.78 is 27.5. The summed E-state index contributed by atoms with van der Waals surface area (Å²) >= 11 is 0. The maximum absolute atomic E-state index is 13.1. The van der Waals surface area contributed by atoms with Crippen molar-refractivity contribution >= 4 is 21.6 Å². The van der Waals surface area contributed by atoms with E-state index in [1.807, 2.05) is 13.0 Å². The zero-order chi connectivity index (χ0) is 18.7. The van der Waals surface area contributed by atoms with Gasteiger partial charge in [-0.15, -0.1) is 0 Å². The molecule has 1 N–H and O–H groups in total. The number of benzene rings is 2. The predicted octanol–water partition coefficient (Wildman–Crippen LogP) is 1.95. The molecule has 1 fully saturated rings. The van der Waals surface area contributed by atoms with E-state index in [0.29, 0.717) is 25.3 Å². The number of piperazine rings is 1. The Balaban J connectivity index is 1.97. The van der Waals surface area contributed by atoms with Crippen molar-refractivity contribution in [3.05, 3.63) is 60.2 Å². The lowest BCUT2D eigenvalue weighted by Gasteiger charge is -2.32. The van der Waals surface area contributed by atoms with Gasteiger partial charge in [-0.2, -0.15) is 0 Å². The second kappa shape index (κ2) is 7.47. The van der Waals surface area contributed by atoms with Gasteiger partial charge in [0.2, 0.25) is 0 Å². The van der Waals surface area contributed by atoms with Gasteiger partial charge in [-0.05, 0) is 31.2 Å². The summed E-state index contributed by atoms with van der Waals surface area (Å²) in [6.45, 7) is 3.82. The molecule has 1 atom stereocenters. The molecule has 0 bridgehead atoms. The van der Waals surface area contributed by atoms with E-state index in [-0.39, 0.29) is 22.4 Å². The molecule has 7 heteroatoms. The monoisotopic (exact) mass is 373 g/mol. The van der Waals surface area contributed by atoms with Crippen molar-refractivity contribution in [1.82, 2.24) is 10.2 Å². The van der Waals surface area contributed by atoms with Gasteiger partial charge in [-0.3, -0.25) is 9.10 Å². The van der Waals surface area contributed by atoms with Crippen molar-refractivity contribution in [3.63, 3.8) is 0 Å². The van der Waals surface area contributed by atoms with Crippen LogP contribution >= 0.6 is 0 Å². The van der Waals surface area contributed by atoms with E-state index in [9.17, 15) is 13.2 Å². The zero-order valence-corrected chi connectivity index (χ0v) is 15.7. The molecule has 26 heavy (non-hydrogen) atoms. The fraction of sp³-hybridized carbons (Fsp3) is 0.316. The Bertz CT molecular complexity index is 884. The summed E-state index contributed by atoms with van der Waals surface area (Å²) in [5.41, 5.74) is 0.759. The lowest BCUT2D eigenvalue weighted by atomic mass is 10.1. The molecule has 0 aromatic heterocycles. The highest BCUT2D eigenvalue weighted by molar-refractivity contribution is 7.92. The van der Waals surface area contributed by atoms with Crippen molar-refractivity contribution in [2.24, 2.45) is 0 Å². The van der Waals surface area contributed by atoms with Gasteiger partial charge in [0.25, 0.3) is 15.9 Å². The van der Waals surface area contributed by atoms with Gasteiger partial charge in [0.15, 0.2) is 0 Å². The minimum atomic E-state index is -3.85. The second-order valence-electron chi connectivity index (χ2n) is 6.41. The molecule has 0 spiro atoms. The number of hydrogen-bond donors (Lipinski definition) is 1. The standard InChI is InChI=1S/C19H23N3O3S/c1-15-14-22(13-12-20-15)19(23)17-10-6-7-11-18(17)26(24,25)21(2)16-8-4-3-5-9-16/h3-11,15,20H,12-14H2,1-2H3. The molecule has 1 unspecified atom stereocenters. The number of para-hydroxylation sites is 1. The summed E-state index contributed by atoms with van der Waals surface area (Å²) in [6.07, 6.45) is 0. The van der Waals surface area contributed by atoms with Crippen molar-refractivity contribution in [1.29, 1.82) is 0 Å². The van der Waals surface area contributed by atoms with Crippen molar-refractivity contribution in [3.8, 4) is 0 Å². The van der Waals surface area contributed by atoms with Gasteiger partial charge in [-0.1, -0.05) is 30.3 Å². The van der Waals surface area contributed by atoms with Gasteiger partial charge in [0.1, 0.15) is 4.90 Å². The maximum Gasteiger partial charge on any atom is 0.264 e. The smallest absolute Gasteiger partial charge is 0.264 e. The van der Waals surface area contributed by atoms with Crippen LogP contribution in [0.2, 0.25) is 0 Å². The van der Waals surface area contributed by atoms with E-state index in [0.717, 1.165) is 0 Å². The normalized spacial score (nSPS) is 17.8. The Morgan fingerprint density at radius 1 is 1.12 bits per heavy atom. The van der Waals surface area contributed by atoms with Crippen LogP contribution in [0.1, 0.15) is 17.3 Å². The molecule has 2 aromatic carbocycles. The molecule has 1 heterocycles. The summed E-state index contributed by atoms with van der Waals surface area (Å²) in [7, 11) is -2.35. The number of nitrogens with zero attached hydrogens (tertiary/aromatic N) is 2. The van der Waals surface area contributed by atoms with E-state index in [2.05, 4.69) is 5.32 Å². The Hall–Kier alpha value is -2.38. The quantitative estimate of drug-likeness (QED) is 0.889. The Morgan fingerprint density at radius 3 is 2.46 bits per heavy atom. The van der Waals surface area contributed by atoms with Crippen LogP contribution in [0.3, 0.4) is 0 Å². The Morgan fingerprint density at radius 2 is 1.77 bits per heavy atom. The van der Waals surface area contributed by atoms with Crippen LogP contribution in [-0.4, -0.2) is 51.9 Å². The fourth-order valence-corrected chi connectivity index (χ4v) is 4.46. The van der Waals surface area contributed by atoms with Gasteiger partial charge in [0.05, 0.1) is 11.3 Å². The predicted molar refractivity (Wildman–Crippen MR) is 102 cm³/mol. The second-order valence-corrected chi connectivity index (χ2v) is 8.35. The first-order valence-corrected chi connectivity index (χ1v) is 10.0. The molecule has 2 aromatic rings. The highest BCUT2D eigenvalue weighted by Crippen LogP contribution is 2.25. The highest BCUT2D eigenvalue weighted by Gasteiger charge is 2.30. The van der Waals surface area contributed by atoms with Crippen LogP contribution in [-0.2, 0) is 10.0 Å². The highest BCUT2D eigenvalue weighted by atomic mass is 32.2. The molecule has 0 aliphatic carbocycles. The van der Waals surface area contributed by atoms with Gasteiger partial charge < -0.3 is 10.2 Å².